The van der Waals surface area contributed by atoms with Gasteiger partial charge < -0.3 is 5.32 Å². The van der Waals surface area contributed by atoms with Gasteiger partial charge in [-0.1, -0.05) is 6.92 Å². The second-order valence-corrected chi connectivity index (χ2v) is 5.36. The quantitative estimate of drug-likeness (QED) is 0.931. The normalized spacial score (nSPS) is 20.3. The van der Waals surface area contributed by atoms with E-state index in [1.807, 2.05) is 13.0 Å². The van der Waals surface area contributed by atoms with Crippen LogP contribution in [0.3, 0.4) is 0 Å². The Morgan fingerprint density at radius 3 is 2.96 bits per heavy atom. The van der Waals surface area contributed by atoms with Crippen molar-refractivity contribution in [2.45, 2.75) is 19.8 Å². The number of hydrogen-bond donors (Lipinski definition) is 1. The summed E-state index contributed by atoms with van der Waals surface area (Å²) >= 11 is 0. The van der Waals surface area contributed by atoms with Crippen LogP contribution in [0, 0.1) is 16.7 Å². The van der Waals surface area contributed by atoms with E-state index in [4.69, 9.17) is 0 Å². The van der Waals surface area contributed by atoms with Crippen LogP contribution >= 0.6 is 0 Å². The van der Waals surface area contributed by atoms with Crippen molar-refractivity contribution in [3.8, 4) is 6.07 Å². The van der Waals surface area contributed by atoms with E-state index >= 15 is 0 Å². The molecule has 2 aromatic heterocycles. The molecule has 0 bridgehead atoms. The number of hydrogen-bond acceptors (Lipinski definition) is 6. The highest BCUT2D eigenvalue weighted by molar-refractivity contribution is 6.01. The Hall–Kier alpha value is -3.01. The number of carbonyl (C=O) groups is 1. The summed E-state index contributed by atoms with van der Waals surface area (Å²) in [5.74, 6) is 0.699. The summed E-state index contributed by atoms with van der Waals surface area (Å²) in [6.07, 6.45) is 5.96. The predicted molar refractivity (Wildman–Crippen MR) is 84.9 cm³/mol. The molecule has 2 aromatic rings. The third-order valence-electron chi connectivity index (χ3n) is 4.07. The van der Waals surface area contributed by atoms with Gasteiger partial charge in [0, 0.05) is 18.9 Å². The largest absolute Gasteiger partial charge is 0.323 e. The van der Waals surface area contributed by atoms with Gasteiger partial charge in [-0.3, -0.25) is 14.7 Å². The minimum atomic E-state index is -0.929. The average Bonchev–Trinajstić information content (AvgIpc) is 2.93. The highest BCUT2D eigenvalue weighted by Gasteiger charge is 2.46. The molecule has 7 nitrogen and oxygen atoms in total. The molecule has 3 rings (SSSR count). The zero-order valence-electron chi connectivity index (χ0n) is 12.7. The van der Waals surface area contributed by atoms with E-state index in [1.165, 1.54) is 0 Å². The van der Waals surface area contributed by atoms with Gasteiger partial charge >= 0.3 is 0 Å². The van der Waals surface area contributed by atoms with Crippen LogP contribution in [0.25, 0.3) is 0 Å². The number of nitrogens with one attached hydrogen (secondary N) is 1. The Morgan fingerprint density at radius 2 is 2.30 bits per heavy atom. The first kappa shape index (κ1) is 14.9. The van der Waals surface area contributed by atoms with E-state index in [-0.39, 0.29) is 5.91 Å². The fraction of sp³-hybridized carbons (Fsp3) is 0.312. The molecule has 23 heavy (non-hydrogen) atoms. The molecule has 3 heterocycles. The molecule has 0 aliphatic carbocycles. The SMILES string of the molecule is CCC1(C#N)CCN(c2ccnc(Nc3cccnc3)n2)C1=O. The Balaban J connectivity index is 1.84. The Morgan fingerprint density at radius 1 is 1.43 bits per heavy atom. The van der Waals surface area contributed by atoms with Gasteiger partial charge in [0.15, 0.2) is 0 Å². The zero-order valence-corrected chi connectivity index (χ0v) is 12.7. The van der Waals surface area contributed by atoms with E-state index in [9.17, 15) is 10.1 Å². The monoisotopic (exact) mass is 308 g/mol. The topological polar surface area (TPSA) is 94.8 Å². The van der Waals surface area contributed by atoms with Crippen molar-refractivity contribution in [3.63, 3.8) is 0 Å². The van der Waals surface area contributed by atoms with E-state index in [0.717, 1.165) is 5.69 Å². The van der Waals surface area contributed by atoms with Gasteiger partial charge in [-0.2, -0.15) is 10.2 Å². The van der Waals surface area contributed by atoms with Crippen LogP contribution < -0.4 is 10.2 Å². The number of anilines is 3. The summed E-state index contributed by atoms with van der Waals surface area (Å²) < 4.78 is 0. The molecule has 0 aromatic carbocycles. The van der Waals surface area contributed by atoms with Crippen molar-refractivity contribution in [1.82, 2.24) is 15.0 Å². The van der Waals surface area contributed by atoms with Crippen LogP contribution in [0.5, 0.6) is 0 Å². The highest BCUT2D eigenvalue weighted by Crippen LogP contribution is 2.36. The molecule has 1 amide bonds. The molecule has 0 spiro atoms. The predicted octanol–water partition coefficient (Wildman–Crippen LogP) is 2.27. The summed E-state index contributed by atoms with van der Waals surface area (Å²) in [5.41, 5.74) is -0.167. The standard InChI is InChI=1S/C16H16N6O/c1-2-16(11-17)6-9-22(14(16)23)13-5-8-19-15(21-13)20-12-4-3-7-18-10-12/h3-5,7-8,10H,2,6,9H2,1H3,(H,19,20,21). The molecule has 1 N–H and O–H groups in total. The van der Waals surface area contributed by atoms with Crippen molar-refractivity contribution in [3.05, 3.63) is 36.8 Å². The van der Waals surface area contributed by atoms with Crippen LogP contribution in [0.4, 0.5) is 17.5 Å². The summed E-state index contributed by atoms with van der Waals surface area (Å²) in [6.45, 7) is 2.35. The molecule has 0 saturated carbocycles. The average molecular weight is 308 g/mol. The number of aromatic nitrogens is 3. The van der Waals surface area contributed by atoms with E-state index in [1.54, 1.807) is 35.6 Å². The molecule has 7 heteroatoms. The van der Waals surface area contributed by atoms with Gasteiger partial charge in [-0.05, 0) is 31.0 Å². The van der Waals surface area contributed by atoms with Crippen LogP contribution in [-0.2, 0) is 4.79 Å². The van der Waals surface area contributed by atoms with Crippen molar-refractivity contribution < 1.29 is 4.79 Å². The molecule has 1 atom stereocenters. The van der Waals surface area contributed by atoms with Gasteiger partial charge in [0.2, 0.25) is 11.9 Å². The molecule has 1 fully saturated rings. The third-order valence-corrected chi connectivity index (χ3v) is 4.07. The van der Waals surface area contributed by atoms with Gasteiger partial charge in [0.1, 0.15) is 11.2 Å². The summed E-state index contributed by atoms with van der Waals surface area (Å²) in [7, 11) is 0. The highest BCUT2D eigenvalue weighted by atomic mass is 16.2. The first-order valence-electron chi connectivity index (χ1n) is 7.42. The zero-order chi connectivity index (χ0) is 16.3. The molecule has 116 valence electrons. The first-order chi connectivity index (χ1) is 11.2. The number of nitrogens with zero attached hydrogens (tertiary/aromatic N) is 5. The molecule has 1 unspecified atom stereocenters. The lowest BCUT2D eigenvalue weighted by Gasteiger charge is -2.19. The minimum absolute atomic E-state index is 0.187. The van der Waals surface area contributed by atoms with Gasteiger partial charge in [-0.15, -0.1) is 0 Å². The van der Waals surface area contributed by atoms with Gasteiger partial charge in [-0.25, -0.2) is 4.98 Å². The lowest BCUT2D eigenvalue weighted by molar-refractivity contribution is -0.123. The van der Waals surface area contributed by atoms with E-state index in [0.29, 0.717) is 31.2 Å². The Kier molecular flexibility index (Phi) is 3.89. The number of carbonyl (C=O) groups excluding carboxylic acids is 1. The molecule has 0 radical (unpaired) electrons. The number of pyridine rings is 1. The minimum Gasteiger partial charge on any atom is -0.323 e. The molecule has 1 saturated heterocycles. The van der Waals surface area contributed by atoms with Crippen molar-refractivity contribution in [2.24, 2.45) is 5.41 Å². The van der Waals surface area contributed by atoms with Gasteiger partial charge in [0.05, 0.1) is 18.0 Å². The van der Waals surface area contributed by atoms with Crippen molar-refractivity contribution in [1.29, 1.82) is 5.26 Å². The fourth-order valence-corrected chi connectivity index (χ4v) is 2.62. The Bertz CT molecular complexity index is 757. The lowest BCUT2D eigenvalue weighted by Crippen LogP contribution is -2.33. The number of nitriles is 1. The van der Waals surface area contributed by atoms with Crippen LogP contribution in [0.1, 0.15) is 19.8 Å². The second kappa shape index (κ2) is 6.01. The van der Waals surface area contributed by atoms with E-state index in [2.05, 4.69) is 26.3 Å². The number of amides is 1. The number of rotatable bonds is 4. The maximum atomic E-state index is 12.6. The van der Waals surface area contributed by atoms with Crippen LogP contribution in [0.2, 0.25) is 0 Å². The summed E-state index contributed by atoms with van der Waals surface area (Å²) in [5, 5.41) is 12.4. The maximum absolute atomic E-state index is 12.6. The van der Waals surface area contributed by atoms with Crippen molar-refractivity contribution >= 4 is 23.4 Å². The maximum Gasteiger partial charge on any atom is 0.248 e. The van der Waals surface area contributed by atoms with E-state index < -0.39 is 5.41 Å². The third kappa shape index (κ3) is 2.71. The molecular weight excluding hydrogens is 292 g/mol. The summed E-state index contributed by atoms with van der Waals surface area (Å²) in [6, 6.07) is 7.50. The first-order valence-corrected chi connectivity index (χ1v) is 7.42. The summed E-state index contributed by atoms with van der Waals surface area (Å²) in [4.78, 5) is 26.7. The second-order valence-electron chi connectivity index (χ2n) is 5.36. The molecular formula is C16H16N6O. The van der Waals surface area contributed by atoms with Crippen LogP contribution in [-0.4, -0.2) is 27.4 Å². The Labute approximate surface area is 134 Å². The fourth-order valence-electron chi connectivity index (χ4n) is 2.62. The van der Waals surface area contributed by atoms with Crippen molar-refractivity contribution in [2.75, 3.05) is 16.8 Å². The van der Waals surface area contributed by atoms with Crippen LogP contribution in [0.15, 0.2) is 36.8 Å². The smallest absolute Gasteiger partial charge is 0.248 e. The lowest BCUT2D eigenvalue weighted by atomic mass is 9.85. The molecule has 1 aliphatic rings. The van der Waals surface area contributed by atoms with Gasteiger partial charge in [0.25, 0.3) is 0 Å². The molecule has 1 aliphatic heterocycles.